The van der Waals surface area contributed by atoms with Crippen molar-refractivity contribution in [3.05, 3.63) is 64.6 Å². The Morgan fingerprint density at radius 2 is 1.55 bits per heavy atom. The smallest absolute Gasteiger partial charge is 0.239 e. The van der Waals surface area contributed by atoms with Crippen molar-refractivity contribution >= 4 is 59.4 Å². The van der Waals surface area contributed by atoms with Gasteiger partial charge in [-0.2, -0.15) is 0 Å². The van der Waals surface area contributed by atoms with E-state index in [1.54, 1.807) is 0 Å². The highest BCUT2D eigenvalue weighted by Crippen LogP contribution is 2.31. The number of rotatable bonds is 4. The van der Waals surface area contributed by atoms with Gasteiger partial charge in [0.1, 0.15) is 4.83 Å². The van der Waals surface area contributed by atoms with Crippen LogP contribution in [0.2, 0.25) is 0 Å². The number of carbonyl (C=O) groups is 1. The van der Waals surface area contributed by atoms with Gasteiger partial charge in [0.05, 0.1) is 4.83 Å². The Balaban J connectivity index is 2.03. The number of nitrogens with one attached hydrogen (secondary N) is 1. The minimum Gasteiger partial charge on any atom is -0.325 e. The van der Waals surface area contributed by atoms with Crippen LogP contribution in [0, 0.1) is 0 Å². The molecule has 5 heteroatoms. The molecule has 2 nitrogen and oxygen atoms in total. The lowest BCUT2D eigenvalue weighted by atomic mass is 10.1. The Morgan fingerprint density at radius 1 is 0.950 bits per heavy atom. The highest BCUT2D eigenvalue weighted by atomic mass is 79.9. The Kier molecular flexibility index (Phi) is 5.81. The van der Waals surface area contributed by atoms with Crippen molar-refractivity contribution in [3.8, 4) is 0 Å². The minimum absolute atomic E-state index is 0.0841. The van der Waals surface area contributed by atoms with Gasteiger partial charge < -0.3 is 5.32 Å². The zero-order valence-corrected chi connectivity index (χ0v) is 15.2. The molecule has 2 rings (SSSR count). The second-order valence-electron chi connectivity index (χ2n) is 4.21. The van der Waals surface area contributed by atoms with Crippen molar-refractivity contribution in [2.45, 2.75) is 9.65 Å². The van der Waals surface area contributed by atoms with E-state index in [1.165, 1.54) is 0 Å². The second-order valence-corrected chi connectivity index (χ2v) is 7.10. The van der Waals surface area contributed by atoms with E-state index >= 15 is 0 Å². The number of amides is 1. The monoisotopic (exact) mass is 459 g/mol. The van der Waals surface area contributed by atoms with Gasteiger partial charge in [0.25, 0.3) is 0 Å². The van der Waals surface area contributed by atoms with Crippen LogP contribution in [0.1, 0.15) is 10.4 Å². The molecular weight excluding hydrogens is 450 g/mol. The van der Waals surface area contributed by atoms with E-state index in [2.05, 4.69) is 53.1 Å². The van der Waals surface area contributed by atoms with Crippen LogP contribution in [0.15, 0.2) is 59.1 Å². The van der Waals surface area contributed by atoms with Crippen LogP contribution in [-0.4, -0.2) is 10.7 Å². The van der Waals surface area contributed by atoms with E-state index < -0.39 is 0 Å². The molecule has 0 aromatic heterocycles. The van der Waals surface area contributed by atoms with Crippen LogP contribution < -0.4 is 5.32 Å². The second kappa shape index (κ2) is 7.38. The van der Waals surface area contributed by atoms with Gasteiger partial charge in [0.15, 0.2) is 0 Å². The predicted molar refractivity (Wildman–Crippen MR) is 93.6 cm³/mol. The van der Waals surface area contributed by atoms with Gasteiger partial charge in [-0.3, -0.25) is 4.79 Å². The lowest BCUT2D eigenvalue weighted by molar-refractivity contribution is -0.115. The van der Waals surface area contributed by atoms with Crippen LogP contribution in [0.3, 0.4) is 0 Å². The summed E-state index contributed by atoms with van der Waals surface area (Å²) in [6.45, 7) is 0. The molecule has 0 unspecified atom stereocenters. The molecule has 0 heterocycles. The van der Waals surface area contributed by atoms with Gasteiger partial charge in [0, 0.05) is 10.2 Å². The molecule has 2 aromatic rings. The maximum Gasteiger partial charge on any atom is 0.239 e. The fraction of sp³-hybridized carbons (Fsp3) is 0.133. The molecule has 2 aromatic carbocycles. The summed E-state index contributed by atoms with van der Waals surface area (Å²) in [6.07, 6.45) is 0. The molecule has 104 valence electrons. The van der Waals surface area contributed by atoms with Crippen LogP contribution in [0.4, 0.5) is 5.69 Å². The molecule has 0 aliphatic carbocycles. The first-order valence-electron chi connectivity index (χ1n) is 5.97. The average molecular weight is 462 g/mol. The quantitative estimate of drug-likeness (QED) is 0.616. The predicted octanol–water partition coefficient (Wildman–Crippen LogP) is 5.29. The summed E-state index contributed by atoms with van der Waals surface area (Å²) < 4.78 is 0.980. The van der Waals surface area contributed by atoms with Crippen LogP contribution in [0.5, 0.6) is 0 Å². The standard InChI is InChI=1S/C15H12Br3NO/c16-11-6-8-12(9-7-11)19-15(20)14(18)13(17)10-4-2-1-3-5-10/h1-9,13-14H,(H,19,20)/t13-,14-/m1/s1. The van der Waals surface area contributed by atoms with E-state index in [9.17, 15) is 4.79 Å². The summed E-state index contributed by atoms with van der Waals surface area (Å²) in [6, 6.07) is 17.3. The number of benzene rings is 2. The van der Waals surface area contributed by atoms with Gasteiger partial charge in [-0.15, -0.1) is 0 Å². The number of halogens is 3. The third-order valence-electron chi connectivity index (χ3n) is 2.74. The maximum absolute atomic E-state index is 12.2. The van der Waals surface area contributed by atoms with E-state index in [-0.39, 0.29) is 15.6 Å². The normalized spacial score (nSPS) is 13.6. The number of alkyl halides is 2. The van der Waals surface area contributed by atoms with Crippen molar-refractivity contribution in [3.63, 3.8) is 0 Å². The number of hydrogen-bond donors (Lipinski definition) is 1. The Labute approximate surface area is 143 Å². The van der Waals surface area contributed by atoms with Crippen molar-refractivity contribution in [2.24, 2.45) is 0 Å². The molecule has 0 saturated carbocycles. The number of carbonyl (C=O) groups excluding carboxylic acids is 1. The number of hydrogen-bond acceptors (Lipinski definition) is 1. The highest BCUT2D eigenvalue weighted by molar-refractivity contribution is 9.12. The van der Waals surface area contributed by atoms with Crippen molar-refractivity contribution in [1.29, 1.82) is 0 Å². The molecule has 1 N–H and O–H groups in total. The van der Waals surface area contributed by atoms with Crippen molar-refractivity contribution in [2.75, 3.05) is 5.32 Å². The zero-order valence-electron chi connectivity index (χ0n) is 10.4. The largest absolute Gasteiger partial charge is 0.325 e. The minimum atomic E-state index is -0.353. The van der Waals surface area contributed by atoms with E-state index in [4.69, 9.17) is 0 Å². The summed E-state index contributed by atoms with van der Waals surface area (Å²) in [5, 5.41) is 2.88. The molecule has 20 heavy (non-hydrogen) atoms. The molecule has 0 fully saturated rings. The molecule has 2 atom stereocenters. The lowest BCUT2D eigenvalue weighted by Crippen LogP contribution is -2.26. The van der Waals surface area contributed by atoms with Crippen LogP contribution >= 0.6 is 47.8 Å². The van der Waals surface area contributed by atoms with E-state index in [0.29, 0.717) is 0 Å². The SMILES string of the molecule is O=C(Nc1ccc(Br)cc1)[C@H](Br)[C@H](Br)c1ccccc1. The first kappa shape index (κ1) is 15.7. The summed E-state index contributed by atoms with van der Waals surface area (Å²) >= 11 is 10.4. The molecule has 0 radical (unpaired) electrons. The maximum atomic E-state index is 12.2. The van der Waals surface area contributed by atoms with Gasteiger partial charge >= 0.3 is 0 Å². The zero-order chi connectivity index (χ0) is 14.5. The molecule has 0 spiro atoms. The topological polar surface area (TPSA) is 29.1 Å². The summed E-state index contributed by atoms with van der Waals surface area (Å²) in [7, 11) is 0. The first-order valence-corrected chi connectivity index (χ1v) is 8.60. The lowest BCUT2D eigenvalue weighted by Gasteiger charge is -2.17. The average Bonchev–Trinajstić information content (AvgIpc) is 2.49. The molecule has 0 bridgehead atoms. The van der Waals surface area contributed by atoms with Crippen molar-refractivity contribution in [1.82, 2.24) is 0 Å². The van der Waals surface area contributed by atoms with E-state index in [0.717, 1.165) is 15.7 Å². The Bertz CT molecular complexity index is 571. The van der Waals surface area contributed by atoms with Crippen molar-refractivity contribution < 1.29 is 4.79 Å². The van der Waals surface area contributed by atoms with Crippen LogP contribution in [-0.2, 0) is 4.79 Å². The summed E-state index contributed by atoms with van der Waals surface area (Å²) in [5.41, 5.74) is 1.83. The highest BCUT2D eigenvalue weighted by Gasteiger charge is 2.24. The van der Waals surface area contributed by atoms with Gasteiger partial charge in [-0.05, 0) is 29.8 Å². The molecule has 0 saturated heterocycles. The third-order valence-corrected chi connectivity index (χ3v) is 5.98. The molecule has 1 amide bonds. The first-order chi connectivity index (χ1) is 9.58. The van der Waals surface area contributed by atoms with Gasteiger partial charge in [-0.1, -0.05) is 78.1 Å². The van der Waals surface area contributed by atoms with Crippen LogP contribution in [0.25, 0.3) is 0 Å². The fourth-order valence-corrected chi connectivity index (χ4v) is 2.91. The third kappa shape index (κ3) is 4.17. The van der Waals surface area contributed by atoms with Gasteiger partial charge in [0.2, 0.25) is 5.91 Å². The Morgan fingerprint density at radius 3 is 2.15 bits per heavy atom. The molecular formula is C15H12Br3NO. The van der Waals surface area contributed by atoms with Gasteiger partial charge in [-0.25, -0.2) is 0 Å². The number of anilines is 1. The van der Waals surface area contributed by atoms with E-state index in [1.807, 2.05) is 54.6 Å². The Hall–Kier alpha value is -0.650. The molecule has 0 aliphatic heterocycles. The molecule has 0 aliphatic rings. The summed E-state index contributed by atoms with van der Waals surface area (Å²) in [5.74, 6) is -0.0851. The fourth-order valence-electron chi connectivity index (χ4n) is 1.68. The summed E-state index contributed by atoms with van der Waals surface area (Å²) in [4.78, 5) is 11.8.